The molecule has 136 valence electrons. The fourth-order valence-electron chi connectivity index (χ4n) is 5.07. The third kappa shape index (κ3) is 2.45. The van der Waals surface area contributed by atoms with E-state index in [2.05, 4.69) is 37.8 Å². The molecule has 4 unspecified atom stereocenters. The number of hydrogen-bond acceptors (Lipinski definition) is 3. The van der Waals surface area contributed by atoms with Gasteiger partial charge in [-0.1, -0.05) is 44.2 Å². The smallest absolute Gasteiger partial charge is 0.244 e. The Hall–Kier alpha value is -1.39. The molecule has 1 aromatic carbocycles. The van der Waals surface area contributed by atoms with E-state index in [9.17, 15) is 4.79 Å². The lowest BCUT2D eigenvalue weighted by molar-refractivity contribution is -0.186. The molecule has 4 atom stereocenters. The van der Waals surface area contributed by atoms with E-state index in [-0.39, 0.29) is 29.4 Å². The summed E-state index contributed by atoms with van der Waals surface area (Å²) in [4.78, 5) is 15.8. The average molecular weight is 342 g/mol. The summed E-state index contributed by atoms with van der Waals surface area (Å²) >= 11 is 0. The van der Waals surface area contributed by atoms with E-state index in [0.717, 1.165) is 13.0 Å². The highest BCUT2D eigenvalue weighted by Crippen LogP contribution is 2.59. The molecule has 3 fully saturated rings. The number of ether oxygens (including phenoxy) is 1. The van der Waals surface area contributed by atoms with Gasteiger partial charge in [-0.25, -0.2) is 0 Å². The van der Waals surface area contributed by atoms with E-state index in [1.807, 2.05) is 18.2 Å². The molecular weight excluding hydrogens is 312 g/mol. The van der Waals surface area contributed by atoms with Crippen LogP contribution in [-0.2, 0) is 16.1 Å². The molecule has 1 amide bonds. The number of fused-ring (bicyclic) bond motifs is 1. The van der Waals surface area contributed by atoms with Gasteiger partial charge in [0.2, 0.25) is 5.91 Å². The summed E-state index contributed by atoms with van der Waals surface area (Å²) in [6.07, 6.45) is 3.45. The fourth-order valence-corrected chi connectivity index (χ4v) is 5.07. The molecule has 3 aliphatic rings. The van der Waals surface area contributed by atoms with E-state index < -0.39 is 5.54 Å². The van der Waals surface area contributed by atoms with Crippen LogP contribution in [0.5, 0.6) is 0 Å². The Morgan fingerprint density at radius 3 is 2.60 bits per heavy atom. The van der Waals surface area contributed by atoms with Gasteiger partial charge in [-0.05, 0) is 37.7 Å². The highest BCUT2D eigenvalue weighted by atomic mass is 16.5. The van der Waals surface area contributed by atoms with E-state index in [1.165, 1.54) is 18.4 Å². The van der Waals surface area contributed by atoms with Gasteiger partial charge in [0.15, 0.2) is 0 Å². The lowest BCUT2D eigenvalue weighted by atomic mass is 9.47. The van der Waals surface area contributed by atoms with Crippen LogP contribution in [0.3, 0.4) is 0 Å². The number of benzene rings is 1. The number of carbonyl (C=O) groups excluding carboxylic acids is 1. The maximum Gasteiger partial charge on any atom is 0.244 e. The lowest BCUT2D eigenvalue weighted by Gasteiger charge is -2.62. The number of rotatable bonds is 5. The van der Waals surface area contributed by atoms with Gasteiger partial charge in [0.05, 0.1) is 6.10 Å². The SMILES string of the molecule is CC(C1CC1)N(Cc1ccccc1)C(=O)C1(N)C2CCOC2C1(C)C. The van der Waals surface area contributed by atoms with Crippen molar-refractivity contribution in [3.8, 4) is 0 Å². The van der Waals surface area contributed by atoms with Gasteiger partial charge in [0.1, 0.15) is 5.54 Å². The summed E-state index contributed by atoms with van der Waals surface area (Å²) in [5.74, 6) is 0.891. The second-order valence-electron chi connectivity index (χ2n) is 8.77. The third-order valence-electron chi connectivity index (χ3n) is 7.06. The fraction of sp³-hybridized carbons (Fsp3) is 0.667. The number of carbonyl (C=O) groups is 1. The quantitative estimate of drug-likeness (QED) is 0.895. The molecule has 0 radical (unpaired) electrons. The first-order valence-corrected chi connectivity index (χ1v) is 9.63. The van der Waals surface area contributed by atoms with Crippen LogP contribution >= 0.6 is 0 Å². The third-order valence-corrected chi connectivity index (χ3v) is 7.06. The van der Waals surface area contributed by atoms with Crippen molar-refractivity contribution in [2.75, 3.05) is 6.61 Å². The van der Waals surface area contributed by atoms with Crippen LogP contribution in [0, 0.1) is 17.3 Å². The summed E-state index contributed by atoms with van der Waals surface area (Å²) in [6.45, 7) is 7.75. The minimum Gasteiger partial charge on any atom is -0.377 e. The van der Waals surface area contributed by atoms with Crippen molar-refractivity contribution in [2.24, 2.45) is 23.0 Å². The zero-order valence-corrected chi connectivity index (χ0v) is 15.6. The van der Waals surface area contributed by atoms with Crippen molar-refractivity contribution in [3.63, 3.8) is 0 Å². The Morgan fingerprint density at radius 2 is 1.96 bits per heavy atom. The highest BCUT2D eigenvalue weighted by molar-refractivity contribution is 5.90. The first-order valence-electron chi connectivity index (χ1n) is 9.63. The molecule has 1 aromatic rings. The van der Waals surface area contributed by atoms with Crippen LogP contribution in [-0.4, -0.2) is 35.1 Å². The number of amides is 1. The molecular formula is C21H30N2O2. The molecule has 4 heteroatoms. The molecule has 2 N–H and O–H groups in total. The number of nitrogens with zero attached hydrogens (tertiary/aromatic N) is 1. The molecule has 0 aromatic heterocycles. The molecule has 1 heterocycles. The summed E-state index contributed by atoms with van der Waals surface area (Å²) in [5, 5.41) is 0. The minimum absolute atomic E-state index is 0.118. The normalized spacial score (nSPS) is 34.1. The summed E-state index contributed by atoms with van der Waals surface area (Å²) in [5.41, 5.74) is 6.89. The maximum atomic E-state index is 13.7. The topological polar surface area (TPSA) is 55.6 Å². The molecule has 1 aliphatic heterocycles. The molecule has 2 saturated carbocycles. The van der Waals surface area contributed by atoms with Crippen LogP contribution in [0.1, 0.15) is 45.6 Å². The van der Waals surface area contributed by atoms with Crippen LogP contribution in [0.2, 0.25) is 0 Å². The molecule has 4 rings (SSSR count). The van der Waals surface area contributed by atoms with Gasteiger partial charge in [0, 0.05) is 30.5 Å². The van der Waals surface area contributed by atoms with Gasteiger partial charge in [0.25, 0.3) is 0 Å². The number of hydrogen-bond donors (Lipinski definition) is 1. The first-order chi connectivity index (χ1) is 11.9. The van der Waals surface area contributed by atoms with Crippen molar-refractivity contribution in [3.05, 3.63) is 35.9 Å². The Balaban J connectivity index is 1.63. The van der Waals surface area contributed by atoms with Gasteiger partial charge >= 0.3 is 0 Å². The van der Waals surface area contributed by atoms with Crippen molar-refractivity contribution in [1.29, 1.82) is 0 Å². The van der Waals surface area contributed by atoms with Crippen LogP contribution in [0.25, 0.3) is 0 Å². The summed E-state index contributed by atoms with van der Waals surface area (Å²) in [6, 6.07) is 10.5. The molecule has 0 bridgehead atoms. The first kappa shape index (κ1) is 17.0. The molecule has 25 heavy (non-hydrogen) atoms. The van der Waals surface area contributed by atoms with Crippen LogP contribution in [0.15, 0.2) is 30.3 Å². The highest BCUT2D eigenvalue weighted by Gasteiger charge is 2.72. The Kier molecular flexibility index (Phi) is 3.97. The van der Waals surface area contributed by atoms with Crippen LogP contribution in [0.4, 0.5) is 0 Å². The van der Waals surface area contributed by atoms with Gasteiger partial charge in [-0.2, -0.15) is 0 Å². The van der Waals surface area contributed by atoms with E-state index in [4.69, 9.17) is 10.5 Å². The Bertz CT molecular complexity index is 655. The number of nitrogens with two attached hydrogens (primary N) is 1. The van der Waals surface area contributed by atoms with E-state index >= 15 is 0 Å². The van der Waals surface area contributed by atoms with E-state index in [1.54, 1.807) is 0 Å². The monoisotopic (exact) mass is 342 g/mol. The van der Waals surface area contributed by atoms with Gasteiger partial charge in [-0.3, -0.25) is 4.79 Å². The average Bonchev–Trinajstić information content (AvgIpc) is 3.35. The minimum atomic E-state index is -0.813. The predicted molar refractivity (Wildman–Crippen MR) is 97.7 cm³/mol. The van der Waals surface area contributed by atoms with Gasteiger partial charge in [-0.15, -0.1) is 0 Å². The molecule has 4 nitrogen and oxygen atoms in total. The molecule has 2 aliphatic carbocycles. The van der Waals surface area contributed by atoms with E-state index in [0.29, 0.717) is 12.5 Å². The standard InChI is InChI=1S/C21H30N2O2/c1-14(16-9-10-16)23(13-15-7-5-4-6-8-15)19(24)21(22)17-11-12-25-18(17)20(21,2)3/h4-8,14,16-18H,9-13,22H2,1-3H3. The summed E-state index contributed by atoms with van der Waals surface area (Å²) in [7, 11) is 0. The summed E-state index contributed by atoms with van der Waals surface area (Å²) < 4.78 is 5.88. The maximum absolute atomic E-state index is 13.7. The molecule has 0 spiro atoms. The van der Waals surface area contributed by atoms with Crippen molar-refractivity contribution < 1.29 is 9.53 Å². The second kappa shape index (κ2) is 5.82. The lowest BCUT2D eigenvalue weighted by Crippen LogP contribution is -2.80. The van der Waals surface area contributed by atoms with Gasteiger partial charge < -0.3 is 15.4 Å². The van der Waals surface area contributed by atoms with Crippen LogP contribution < -0.4 is 5.73 Å². The van der Waals surface area contributed by atoms with Crippen molar-refractivity contribution >= 4 is 5.91 Å². The molecule has 1 saturated heterocycles. The largest absolute Gasteiger partial charge is 0.377 e. The van der Waals surface area contributed by atoms with Crippen molar-refractivity contribution in [2.45, 2.75) is 64.3 Å². The Labute approximate surface area is 150 Å². The second-order valence-corrected chi connectivity index (χ2v) is 8.77. The zero-order chi connectivity index (χ0) is 17.8. The van der Waals surface area contributed by atoms with Crippen molar-refractivity contribution in [1.82, 2.24) is 4.90 Å². The predicted octanol–water partition coefficient (Wildman–Crippen LogP) is 2.96. The zero-order valence-electron chi connectivity index (χ0n) is 15.6. The Morgan fingerprint density at radius 1 is 1.28 bits per heavy atom.